The van der Waals surface area contributed by atoms with Crippen molar-refractivity contribution in [1.29, 1.82) is 0 Å². The van der Waals surface area contributed by atoms with E-state index in [1.165, 1.54) is 38.1 Å². The first-order chi connectivity index (χ1) is 23.5. The van der Waals surface area contributed by atoms with Gasteiger partial charge in [-0.3, -0.25) is 20.2 Å². The Kier molecular flexibility index (Phi) is 9.47. The van der Waals surface area contributed by atoms with Crippen LogP contribution >= 0.6 is 0 Å². The van der Waals surface area contributed by atoms with Crippen molar-refractivity contribution in [2.45, 2.75) is 44.0 Å². The first kappa shape index (κ1) is 38.2. The van der Waals surface area contributed by atoms with Crippen LogP contribution in [-0.2, 0) is 51.2 Å². The summed E-state index contributed by atoms with van der Waals surface area (Å²) in [6.07, 6.45) is -13.4. The third kappa shape index (κ3) is 7.33. The fourth-order valence-corrected chi connectivity index (χ4v) is 4.67. The second-order valence-corrected chi connectivity index (χ2v) is 11.1. The van der Waals surface area contributed by atoms with Gasteiger partial charge in [-0.1, -0.05) is 12.4 Å². The Hall–Kier alpha value is -5.01. The van der Waals surface area contributed by atoms with Crippen LogP contribution < -0.4 is 0 Å². The molecule has 0 N–H and O–H groups in total. The predicted octanol–water partition coefficient (Wildman–Crippen LogP) is 7.22. The fourth-order valence-electron chi connectivity index (χ4n) is 4.67. The smallest absolute Gasteiger partial charge is 0.341 e. The normalized spacial score (nSPS) is 13.0. The van der Waals surface area contributed by atoms with Crippen molar-refractivity contribution in [3.63, 3.8) is 0 Å². The van der Waals surface area contributed by atoms with Crippen LogP contribution in [0.1, 0.15) is 48.0 Å². The zero-order valence-corrected chi connectivity index (χ0v) is 27.9. The van der Waals surface area contributed by atoms with Crippen LogP contribution in [0.5, 0.6) is 0 Å². The summed E-state index contributed by atoms with van der Waals surface area (Å²) in [5.41, 5.74) is -7.41. The van der Waals surface area contributed by atoms with Crippen LogP contribution in [0.15, 0.2) is 60.9 Å². The first-order valence-corrected chi connectivity index (χ1v) is 13.9. The molecule has 0 saturated heterocycles. The molecule has 0 radical (unpaired) electrons. The van der Waals surface area contributed by atoms with E-state index < -0.39 is 64.5 Å². The van der Waals surface area contributed by atoms with Gasteiger partial charge in [0, 0.05) is 29.2 Å². The zero-order chi connectivity index (χ0) is 37.3. The predicted molar refractivity (Wildman–Crippen MR) is 147 cm³/mol. The molecule has 0 aliphatic heterocycles. The van der Waals surface area contributed by atoms with Gasteiger partial charge in [-0.2, -0.15) is 62.9 Å². The van der Waals surface area contributed by atoms with E-state index in [2.05, 4.69) is 42.8 Å². The number of hydrogen-bond acceptors (Lipinski definition) is 6. The maximum atomic E-state index is 13.4. The van der Waals surface area contributed by atoms with E-state index in [1.54, 1.807) is 0 Å². The first-order valence-electron chi connectivity index (χ1n) is 13.9. The van der Waals surface area contributed by atoms with Gasteiger partial charge < -0.3 is 9.36 Å². The summed E-state index contributed by atoms with van der Waals surface area (Å²) >= 11 is 0. The number of pyridine rings is 2. The van der Waals surface area contributed by atoms with Crippen LogP contribution in [0.4, 0.5) is 52.7 Å². The minimum Gasteiger partial charge on any atom is -0.341 e. The second-order valence-electron chi connectivity index (χ2n) is 11.1. The van der Waals surface area contributed by atoms with Crippen molar-refractivity contribution in [2.75, 3.05) is 0 Å². The van der Waals surface area contributed by atoms with Crippen molar-refractivity contribution in [3.8, 4) is 23.0 Å². The van der Waals surface area contributed by atoms with Crippen molar-refractivity contribution in [2.24, 2.45) is 0 Å². The summed E-state index contributed by atoms with van der Waals surface area (Å²) in [6.45, 7) is 2.97. The van der Waals surface area contributed by atoms with Gasteiger partial charge in [0.2, 0.25) is 0 Å². The molecule has 0 fully saturated rings. The standard InChI is InChI=1S/C29H16F12N10.Pt/c1-25(2,17-5-3-15(48-11-7-19(44-48)26(30,31)32)23(42-17)50-13-9-21(46-50)28(36,37)38)18-6-4-16(49-12-8-20(45-49)27(33,34)35)24(43-18)51-14-10-22(47-51)29(39,40)41;/h3-12H,1-2H3;/q-2;+2. The topological polar surface area (TPSA) is 97.1 Å². The molecule has 0 atom stereocenters. The van der Waals surface area contributed by atoms with Crippen molar-refractivity contribution in [3.05, 3.63) is 107 Å². The van der Waals surface area contributed by atoms with E-state index in [4.69, 9.17) is 0 Å². The minimum atomic E-state index is -4.93. The molecule has 6 aromatic rings. The van der Waals surface area contributed by atoms with Crippen molar-refractivity contribution < 1.29 is 73.8 Å². The van der Waals surface area contributed by atoms with Gasteiger partial charge in [-0.05, 0) is 50.2 Å². The molecule has 6 aromatic heterocycles. The van der Waals surface area contributed by atoms with Crippen LogP contribution in [0.2, 0.25) is 0 Å². The van der Waals surface area contributed by atoms with Crippen molar-refractivity contribution >= 4 is 0 Å². The Labute approximate surface area is 297 Å². The maximum Gasteiger partial charge on any atom is 2.00 e. The summed E-state index contributed by atoms with van der Waals surface area (Å²) in [5, 5.41) is 13.8. The molecule has 0 saturated carbocycles. The monoisotopic (exact) mass is 927 g/mol. The molecule has 0 aromatic carbocycles. The molecule has 0 spiro atoms. The van der Waals surface area contributed by atoms with Gasteiger partial charge in [0.15, 0.2) is 11.4 Å². The Balaban J connectivity index is 0.00000523. The SMILES string of the molecule is CC(C)(c1ccc(-n2ccc(C(F)(F)F)n2)c(-n2[c-]cc(C(F)(F)F)n2)n1)c1ccc(-n2ccc(C(F)(F)F)n2)c(-n2[c-]cc(C(F)(F)F)n2)n1.[Pt+2]. The molecule has 10 nitrogen and oxygen atoms in total. The average Bonchev–Trinajstić information content (AvgIpc) is 3.85. The third-order valence-electron chi connectivity index (χ3n) is 7.29. The molecule has 23 heteroatoms. The molecule has 52 heavy (non-hydrogen) atoms. The van der Waals surface area contributed by atoms with Crippen LogP contribution in [0.3, 0.4) is 0 Å². The Morgan fingerprint density at radius 3 is 1.10 bits per heavy atom. The quantitative estimate of drug-likeness (QED) is 0.129. The van der Waals surface area contributed by atoms with E-state index in [-0.39, 0.29) is 43.8 Å². The van der Waals surface area contributed by atoms with E-state index in [9.17, 15) is 52.7 Å². The molecule has 276 valence electrons. The Morgan fingerprint density at radius 2 is 0.808 bits per heavy atom. The van der Waals surface area contributed by atoms with Gasteiger partial charge in [0.05, 0.1) is 34.4 Å². The molecular weight excluding hydrogens is 911 g/mol. The molecule has 0 unspecified atom stereocenters. The molecule has 0 bridgehead atoms. The van der Waals surface area contributed by atoms with Gasteiger partial charge >= 0.3 is 45.8 Å². The molecule has 0 amide bonds. The summed E-state index contributed by atoms with van der Waals surface area (Å²) in [4.78, 5) is 8.76. The maximum absolute atomic E-state index is 13.4. The average molecular weight is 928 g/mol. The van der Waals surface area contributed by atoms with Crippen molar-refractivity contribution in [1.82, 2.24) is 49.1 Å². The van der Waals surface area contributed by atoms with Gasteiger partial charge in [-0.25, -0.2) is 9.36 Å². The number of aromatic nitrogens is 10. The number of rotatable bonds is 6. The van der Waals surface area contributed by atoms with Crippen LogP contribution in [-0.4, -0.2) is 49.1 Å². The summed E-state index contributed by atoms with van der Waals surface area (Å²) in [5.74, 6) is -0.924. The van der Waals surface area contributed by atoms with Crippen LogP contribution in [0.25, 0.3) is 23.0 Å². The van der Waals surface area contributed by atoms with E-state index in [0.717, 1.165) is 12.4 Å². The second kappa shape index (κ2) is 12.9. The summed E-state index contributed by atoms with van der Waals surface area (Å²) in [7, 11) is 0. The van der Waals surface area contributed by atoms with Gasteiger partial charge in [0.25, 0.3) is 0 Å². The Morgan fingerprint density at radius 1 is 0.462 bits per heavy atom. The van der Waals surface area contributed by atoms with E-state index >= 15 is 0 Å². The minimum absolute atomic E-state index is 0. The Bertz CT molecular complexity index is 2060. The number of halogens is 12. The molecule has 6 rings (SSSR count). The fraction of sp³-hybridized carbons (Fsp3) is 0.241. The number of hydrogen-bond donors (Lipinski definition) is 0. The van der Waals surface area contributed by atoms with E-state index in [0.29, 0.717) is 43.0 Å². The number of nitrogens with zero attached hydrogens (tertiary/aromatic N) is 10. The molecule has 0 aliphatic rings. The molecule has 0 aliphatic carbocycles. The van der Waals surface area contributed by atoms with E-state index in [1.807, 2.05) is 0 Å². The molecular formula is C29H16F12N10Pt. The van der Waals surface area contributed by atoms with Crippen LogP contribution in [0, 0.1) is 12.4 Å². The summed E-state index contributed by atoms with van der Waals surface area (Å²) in [6, 6.07) is 7.13. The summed E-state index contributed by atoms with van der Waals surface area (Å²) < 4.78 is 163. The number of alkyl halides is 12. The molecule has 6 heterocycles. The van der Waals surface area contributed by atoms with Gasteiger partial charge in [-0.15, -0.1) is 12.1 Å². The largest absolute Gasteiger partial charge is 2.00 e. The third-order valence-corrected chi connectivity index (χ3v) is 7.29. The van der Waals surface area contributed by atoms with Gasteiger partial charge in [0.1, 0.15) is 0 Å². The zero-order valence-electron chi connectivity index (χ0n) is 25.6.